The monoisotopic (exact) mass is 300 g/mol. The van der Waals surface area contributed by atoms with Crippen molar-refractivity contribution in [3.05, 3.63) is 53.3 Å². The van der Waals surface area contributed by atoms with Crippen LogP contribution in [0.2, 0.25) is 0 Å². The van der Waals surface area contributed by atoms with Crippen LogP contribution in [0.5, 0.6) is 11.5 Å². The van der Waals surface area contributed by atoms with Crippen LogP contribution in [0.15, 0.2) is 36.7 Å². The fourth-order valence-electron chi connectivity index (χ4n) is 2.31. The van der Waals surface area contributed by atoms with Crippen molar-refractivity contribution in [3.8, 4) is 11.5 Å². The minimum Gasteiger partial charge on any atom is -0.496 e. The zero-order valence-corrected chi connectivity index (χ0v) is 13.1. The Balaban J connectivity index is 2.04. The number of methoxy groups -OCH3 is 2. The van der Waals surface area contributed by atoms with Crippen molar-refractivity contribution in [1.82, 2.24) is 10.3 Å². The number of amides is 1. The number of carbonyl (C=O) groups excluding carboxylic acids is 1. The molecule has 1 N–H and O–H groups in total. The molecule has 5 heteroatoms. The number of carbonyl (C=O) groups is 1. The Morgan fingerprint density at radius 2 is 1.86 bits per heavy atom. The molecule has 2 aromatic rings. The zero-order chi connectivity index (χ0) is 15.9. The molecule has 0 fully saturated rings. The fraction of sp³-hybridized carbons (Fsp3) is 0.294. The van der Waals surface area contributed by atoms with Gasteiger partial charge in [0.1, 0.15) is 11.5 Å². The van der Waals surface area contributed by atoms with Crippen LogP contribution in [-0.4, -0.2) is 25.1 Å². The Bertz CT molecular complexity index is 642. The van der Waals surface area contributed by atoms with Crippen LogP contribution < -0.4 is 14.8 Å². The molecule has 1 heterocycles. The van der Waals surface area contributed by atoms with Gasteiger partial charge in [-0.05, 0) is 30.7 Å². The molecule has 0 aliphatic carbocycles. The third-order valence-corrected chi connectivity index (χ3v) is 3.45. The van der Waals surface area contributed by atoms with E-state index < -0.39 is 0 Å². The van der Waals surface area contributed by atoms with Crippen LogP contribution in [-0.2, 0) is 17.8 Å². The minimum atomic E-state index is -0.0559. The third-order valence-electron chi connectivity index (χ3n) is 3.45. The summed E-state index contributed by atoms with van der Waals surface area (Å²) in [6.07, 6.45) is 3.67. The summed E-state index contributed by atoms with van der Waals surface area (Å²) in [5, 5.41) is 2.89. The Kier molecular flexibility index (Phi) is 5.36. The Morgan fingerprint density at radius 3 is 2.50 bits per heavy atom. The molecule has 1 amide bonds. The summed E-state index contributed by atoms with van der Waals surface area (Å²) < 4.78 is 10.7. The van der Waals surface area contributed by atoms with Gasteiger partial charge in [0.25, 0.3) is 0 Å². The summed E-state index contributed by atoms with van der Waals surface area (Å²) in [5.74, 6) is 1.39. The second-order valence-corrected chi connectivity index (χ2v) is 4.89. The molecular formula is C17H20N2O3. The van der Waals surface area contributed by atoms with E-state index in [2.05, 4.69) is 10.3 Å². The first kappa shape index (κ1) is 15.8. The van der Waals surface area contributed by atoms with E-state index >= 15 is 0 Å². The minimum absolute atomic E-state index is 0.0559. The van der Waals surface area contributed by atoms with Crippen LogP contribution in [0, 0.1) is 6.92 Å². The predicted molar refractivity (Wildman–Crippen MR) is 84.1 cm³/mol. The van der Waals surface area contributed by atoms with Crippen LogP contribution in [0.3, 0.4) is 0 Å². The predicted octanol–water partition coefficient (Wildman–Crippen LogP) is 2.27. The number of pyridine rings is 1. The van der Waals surface area contributed by atoms with Gasteiger partial charge >= 0.3 is 0 Å². The summed E-state index contributed by atoms with van der Waals surface area (Å²) in [6, 6.07) is 7.46. The van der Waals surface area contributed by atoms with Crippen LogP contribution in [0.25, 0.3) is 0 Å². The summed E-state index contributed by atoms with van der Waals surface area (Å²) in [4.78, 5) is 16.1. The van der Waals surface area contributed by atoms with Gasteiger partial charge in [0.15, 0.2) is 0 Å². The summed E-state index contributed by atoms with van der Waals surface area (Å²) in [6.45, 7) is 2.40. The lowest BCUT2D eigenvalue weighted by atomic mass is 10.1. The molecule has 0 saturated heterocycles. The van der Waals surface area contributed by atoms with Crippen LogP contribution in [0.1, 0.15) is 16.7 Å². The number of rotatable bonds is 6. The average molecular weight is 300 g/mol. The lowest BCUT2D eigenvalue weighted by molar-refractivity contribution is -0.120. The molecule has 0 aliphatic rings. The maximum absolute atomic E-state index is 12.1. The van der Waals surface area contributed by atoms with E-state index in [9.17, 15) is 4.79 Å². The second-order valence-electron chi connectivity index (χ2n) is 4.89. The normalized spacial score (nSPS) is 10.1. The molecule has 0 spiro atoms. The summed E-state index contributed by atoms with van der Waals surface area (Å²) in [5.41, 5.74) is 2.75. The Morgan fingerprint density at radius 1 is 1.14 bits per heavy atom. The lowest BCUT2D eigenvalue weighted by Crippen LogP contribution is -2.24. The Hall–Kier alpha value is -2.56. The maximum Gasteiger partial charge on any atom is 0.224 e. The first-order chi connectivity index (χ1) is 10.7. The SMILES string of the molecule is COc1ccc(CC(=O)NCc2ccncc2)c(OC)c1C. The smallest absolute Gasteiger partial charge is 0.224 e. The molecule has 0 bridgehead atoms. The molecule has 0 radical (unpaired) electrons. The largest absolute Gasteiger partial charge is 0.496 e. The van der Waals surface area contributed by atoms with E-state index in [1.807, 2.05) is 31.2 Å². The van der Waals surface area contributed by atoms with Gasteiger partial charge in [-0.15, -0.1) is 0 Å². The number of nitrogens with one attached hydrogen (secondary N) is 1. The molecule has 116 valence electrons. The summed E-state index contributed by atoms with van der Waals surface area (Å²) in [7, 11) is 3.21. The van der Waals surface area contributed by atoms with Gasteiger partial charge in [-0.25, -0.2) is 0 Å². The first-order valence-electron chi connectivity index (χ1n) is 7.01. The van der Waals surface area contributed by atoms with Gasteiger partial charge in [-0.2, -0.15) is 0 Å². The molecule has 1 aromatic heterocycles. The number of hydrogen-bond acceptors (Lipinski definition) is 4. The average Bonchev–Trinajstić information content (AvgIpc) is 2.54. The molecule has 5 nitrogen and oxygen atoms in total. The third kappa shape index (κ3) is 3.75. The molecule has 0 unspecified atom stereocenters. The van der Waals surface area contributed by atoms with E-state index in [-0.39, 0.29) is 12.3 Å². The highest BCUT2D eigenvalue weighted by molar-refractivity contribution is 5.79. The van der Waals surface area contributed by atoms with E-state index in [1.54, 1.807) is 26.6 Å². The number of aromatic nitrogens is 1. The molecule has 0 saturated carbocycles. The summed E-state index contributed by atoms with van der Waals surface area (Å²) >= 11 is 0. The highest BCUT2D eigenvalue weighted by Crippen LogP contribution is 2.31. The van der Waals surface area contributed by atoms with E-state index in [4.69, 9.17) is 9.47 Å². The highest BCUT2D eigenvalue weighted by atomic mass is 16.5. The highest BCUT2D eigenvalue weighted by Gasteiger charge is 2.14. The number of hydrogen-bond donors (Lipinski definition) is 1. The Labute approximate surface area is 130 Å². The number of ether oxygens (including phenoxy) is 2. The van der Waals surface area contributed by atoms with Crippen molar-refractivity contribution in [2.75, 3.05) is 14.2 Å². The van der Waals surface area contributed by atoms with Crippen molar-refractivity contribution >= 4 is 5.91 Å². The van der Waals surface area contributed by atoms with Crippen molar-refractivity contribution in [2.45, 2.75) is 19.9 Å². The van der Waals surface area contributed by atoms with Crippen LogP contribution >= 0.6 is 0 Å². The zero-order valence-electron chi connectivity index (χ0n) is 13.1. The number of nitrogens with zero attached hydrogens (tertiary/aromatic N) is 1. The maximum atomic E-state index is 12.1. The fourth-order valence-corrected chi connectivity index (χ4v) is 2.31. The van der Waals surface area contributed by atoms with Gasteiger partial charge < -0.3 is 14.8 Å². The standard InChI is InChI=1S/C17H20N2O3/c1-12-15(21-2)5-4-14(17(12)22-3)10-16(20)19-11-13-6-8-18-9-7-13/h4-9H,10-11H2,1-3H3,(H,19,20). The molecule has 22 heavy (non-hydrogen) atoms. The van der Waals surface area contributed by atoms with Crippen molar-refractivity contribution in [3.63, 3.8) is 0 Å². The van der Waals surface area contributed by atoms with Crippen molar-refractivity contribution < 1.29 is 14.3 Å². The van der Waals surface area contributed by atoms with Crippen molar-refractivity contribution in [2.24, 2.45) is 0 Å². The molecule has 0 aliphatic heterocycles. The molecule has 1 aromatic carbocycles. The molecule has 0 atom stereocenters. The van der Waals surface area contributed by atoms with Crippen LogP contribution in [0.4, 0.5) is 0 Å². The molecule has 2 rings (SSSR count). The quantitative estimate of drug-likeness (QED) is 0.889. The first-order valence-corrected chi connectivity index (χ1v) is 7.01. The van der Waals surface area contributed by atoms with Gasteiger partial charge in [0, 0.05) is 30.1 Å². The van der Waals surface area contributed by atoms with Gasteiger partial charge in [-0.1, -0.05) is 6.07 Å². The second kappa shape index (κ2) is 7.45. The topological polar surface area (TPSA) is 60.5 Å². The van der Waals surface area contributed by atoms with E-state index in [0.29, 0.717) is 12.3 Å². The molecular weight excluding hydrogens is 280 g/mol. The van der Waals surface area contributed by atoms with E-state index in [1.165, 1.54) is 0 Å². The number of benzene rings is 1. The van der Waals surface area contributed by atoms with Gasteiger partial charge in [0.2, 0.25) is 5.91 Å². The van der Waals surface area contributed by atoms with E-state index in [0.717, 1.165) is 22.4 Å². The van der Waals surface area contributed by atoms with Gasteiger partial charge in [-0.3, -0.25) is 9.78 Å². The van der Waals surface area contributed by atoms with Crippen molar-refractivity contribution in [1.29, 1.82) is 0 Å². The lowest BCUT2D eigenvalue weighted by Gasteiger charge is -2.14. The van der Waals surface area contributed by atoms with Gasteiger partial charge in [0.05, 0.1) is 20.6 Å².